The van der Waals surface area contributed by atoms with E-state index >= 15 is 0 Å². The van der Waals surface area contributed by atoms with Crippen LogP contribution in [0, 0.1) is 0 Å². The van der Waals surface area contributed by atoms with Gasteiger partial charge < -0.3 is 19.7 Å². The van der Waals surface area contributed by atoms with Crippen LogP contribution in [-0.2, 0) is 9.53 Å². The van der Waals surface area contributed by atoms with Crippen molar-refractivity contribution in [3.63, 3.8) is 0 Å². The highest BCUT2D eigenvalue weighted by atomic mass is 35.5. The predicted octanol–water partition coefficient (Wildman–Crippen LogP) is 4.44. The van der Waals surface area contributed by atoms with Crippen molar-refractivity contribution >= 4 is 34.5 Å². The highest BCUT2D eigenvalue weighted by Gasteiger charge is 2.38. The van der Waals surface area contributed by atoms with E-state index < -0.39 is 12.7 Å². The van der Waals surface area contributed by atoms with E-state index in [-0.39, 0.29) is 11.7 Å². The van der Waals surface area contributed by atoms with Gasteiger partial charge in [-0.1, -0.05) is 23.7 Å². The van der Waals surface area contributed by atoms with E-state index in [9.17, 15) is 13.6 Å². The number of ether oxygens (including phenoxy) is 2. The third kappa shape index (κ3) is 3.91. The number of carbonyl (C=O) groups excluding carboxylic acids is 1. The van der Waals surface area contributed by atoms with Crippen molar-refractivity contribution in [2.75, 3.05) is 31.6 Å². The number of carbonyl (C=O) groups is 1. The largest absolute Gasteiger partial charge is 0.434 e. The molecule has 10 heteroatoms. The Morgan fingerprint density at radius 2 is 2.00 bits per heavy atom. The second-order valence-corrected chi connectivity index (χ2v) is 8.26. The molecule has 2 aliphatic heterocycles. The number of benzene rings is 2. The molecule has 0 saturated carbocycles. The Morgan fingerprint density at radius 1 is 1.24 bits per heavy atom. The summed E-state index contributed by atoms with van der Waals surface area (Å²) in [5, 5.41) is 3.56. The Morgan fingerprint density at radius 3 is 2.76 bits per heavy atom. The van der Waals surface area contributed by atoms with Gasteiger partial charge in [0.25, 0.3) is 5.91 Å². The first-order chi connectivity index (χ1) is 15.9. The molecule has 3 heterocycles. The van der Waals surface area contributed by atoms with Gasteiger partial charge in [-0.25, -0.2) is 4.98 Å². The number of nitrogens with zero attached hydrogens (tertiary/aromatic N) is 3. The Balaban J connectivity index is 1.74. The fourth-order valence-electron chi connectivity index (χ4n) is 4.41. The molecule has 3 aromatic rings. The van der Waals surface area contributed by atoms with Gasteiger partial charge >= 0.3 is 6.61 Å². The number of alkyl halides is 2. The first-order valence-electron chi connectivity index (χ1n) is 10.5. The van der Waals surface area contributed by atoms with Gasteiger partial charge in [0.05, 0.1) is 35.9 Å². The molecule has 172 valence electrons. The molecule has 1 amide bonds. The van der Waals surface area contributed by atoms with E-state index in [0.29, 0.717) is 59.6 Å². The zero-order valence-corrected chi connectivity index (χ0v) is 18.5. The van der Waals surface area contributed by atoms with Crippen LogP contribution < -0.4 is 10.1 Å². The third-order valence-electron chi connectivity index (χ3n) is 5.84. The highest BCUT2D eigenvalue weighted by Crippen LogP contribution is 2.43. The van der Waals surface area contributed by atoms with Crippen molar-refractivity contribution < 1.29 is 23.0 Å². The minimum Gasteiger partial charge on any atom is -0.434 e. The number of anilines is 1. The molecule has 0 radical (unpaired) electrons. The summed E-state index contributed by atoms with van der Waals surface area (Å²) in [5.41, 5.74) is 2.80. The zero-order chi connectivity index (χ0) is 23.1. The fraction of sp³-hybridized carbons (Fsp3) is 0.304. The van der Waals surface area contributed by atoms with Gasteiger partial charge in [0.1, 0.15) is 5.75 Å². The number of hydrogen-bond donors (Lipinski definition) is 1. The van der Waals surface area contributed by atoms with Crippen LogP contribution in [0.2, 0.25) is 5.02 Å². The van der Waals surface area contributed by atoms with Gasteiger partial charge in [-0.2, -0.15) is 8.78 Å². The summed E-state index contributed by atoms with van der Waals surface area (Å²) < 4.78 is 38.7. The van der Waals surface area contributed by atoms with Crippen LogP contribution >= 0.6 is 11.6 Å². The molecule has 1 saturated heterocycles. The second-order valence-electron chi connectivity index (χ2n) is 7.83. The van der Waals surface area contributed by atoms with Crippen molar-refractivity contribution in [1.29, 1.82) is 0 Å². The predicted molar refractivity (Wildman–Crippen MR) is 120 cm³/mol. The van der Waals surface area contributed by atoms with Crippen molar-refractivity contribution in [1.82, 2.24) is 14.5 Å². The van der Waals surface area contributed by atoms with Crippen molar-refractivity contribution in [2.45, 2.75) is 19.6 Å². The number of para-hydroxylation sites is 2. The molecule has 0 aliphatic carbocycles. The Hall–Kier alpha value is -3.17. The van der Waals surface area contributed by atoms with E-state index in [2.05, 4.69) is 10.3 Å². The number of amides is 1. The number of morpholine rings is 1. The van der Waals surface area contributed by atoms with Gasteiger partial charge in [0.15, 0.2) is 0 Å². The number of halogens is 3. The number of aromatic nitrogens is 2. The van der Waals surface area contributed by atoms with E-state index in [1.54, 1.807) is 17.9 Å². The summed E-state index contributed by atoms with van der Waals surface area (Å²) in [6.07, 6.45) is 0. The Kier molecular flexibility index (Phi) is 5.67. The molecule has 5 rings (SSSR count). The summed E-state index contributed by atoms with van der Waals surface area (Å²) in [6, 6.07) is 11.1. The van der Waals surface area contributed by atoms with Gasteiger partial charge in [-0.3, -0.25) is 9.36 Å². The van der Waals surface area contributed by atoms with E-state index in [1.807, 2.05) is 28.8 Å². The second kappa shape index (κ2) is 8.64. The maximum atomic E-state index is 13.8. The van der Waals surface area contributed by atoms with Crippen molar-refractivity contribution in [2.24, 2.45) is 0 Å². The van der Waals surface area contributed by atoms with Crippen LogP contribution in [0.5, 0.6) is 5.75 Å². The van der Waals surface area contributed by atoms with Crippen LogP contribution in [0.15, 0.2) is 53.7 Å². The maximum Gasteiger partial charge on any atom is 0.387 e. The average Bonchev–Trinajstić information content (AvgIpc) is 3.17. The standard InChI is InChI=1S/C23H21ClF2N4O3/c1-13-19(21(31)29-8-10-32-11-9-29)20(15-12-14(24)6-7-18(15)33-22(25)26)30-17-5-3-2-4-16(17)28-23(30)27-13/h2-7,12,20,22H,8-11H2,1H3,(H,27,28)/t20-/m1/s1. The van der Waals surface area contributed by atoms with Crippen LogP contribution in [0.1, 0.15) is 18.5 Å². The molecular weight excluding hydrogens is 454 g/mol. The number of fused-ring (bicyclic) bond motifs is 3. The molecule has 1 atom stereocenters. The number of nitrogens with one attached hydrogen (secondary N) is 1. The Labute approximate surface area is 193 Å². The van der Waals surface area contributed by atoms with Gasteiger partial charge in [0, 0.05) is 29.4 Å². The van der Waals surface area contributed by atoms with E-state index in [0.717, 1.165) is 5.52 Å². The lowest BCUT2D eigenvalue weighted by Gasteiger charge is -2.35. The smallest absolute Gasteiger partial charge is 0.387 e. The first kappa shape index (κ1) is 21.7. The molecule has 1 fully saturated rings. The molecule has 33 heavy (non-hydrogen) atoms. The summed E-state index contributed by atoms with van der Waals surface area (Å²) in [7, 11) is 0. The number of hydrogen-bond acceptors (Lipinski definition) is 5. The molecule has 0 spiro atoms. The average molecular weight is 475 g/mol. The van der Waals surface area contributed by atoms with Crippen LogP contribution in [0.3, 0.4) is 0 Å². The molecule has 2 aromatic carbocycles. The zero-order valence-electron chi connectivity index (χ0n) is 17.7. The number of rotatable bonds is 4. The fourth-order valence-corrected chi connectivity index (χ4v) is 4.59. The number of imidazole rings is 1. The van der Waals surface area contributed by atoms with Crippen molar-refractivity contribution in [3.05, 3.63) is 64.3 Å². The normalized spacial score (nSPS) is 18.5. The molecule has 0 bridgehead atoms. The molecule has 1 aromatic heterocycles. The lowest BCUT2D eigenvalue weighted by Crippen LogP contribution is -2.44. The maximum absolute atomic E-state index is 13.8. The monoisotopic (exact) mass is 474 g/mol. The summed E-state index contributed by atoms with van der Waals surface area (Å²) in [5.74, 6) is 0.241. The van der Waals surface area contributed by atoms with Crippen LogP contribution in [0.4, 0.5) is 14.7 Å². The third-order valence-corrected chi connectivity index (χ3v) is 6.08. The summed E-state index contributed by atoms with van der Waals surface area (Å²) in [6.45, 7) is 0.500. The van der Waals surface area contributed by atoms with Crippen LogP contribution in [0.25, 0.3) is 11.0 Å². The summed E-state index contributed by atoms with van der Waals surface area (Å²) >= 11 is 6.29. The molecule has 2 aliphatic rings. The molecule has 0 unspecified atom stereocenters. The van der Waals surface area contributed by atoms with Crippen LogP contribution in [-0.4, -0.2) is 53.3 Å². The number of allylic oxidation sites excluding steroid dienone is 1. The minimum absolute atomic E-state index is 0.0508. The van der Waals surface area contributed by atoms with E-state index in [1.165, 1.54) is 12.1 Å². The minimum atomic E-state index is -3.03. The molecular formula is C23H21ClF2N4O3. The SMILES string of the molecule is CC1=C(C(=O)N2CCOCC2)[C@@H](c2cc(Cl)ccc2OC(F)F)n2c(nc3ccccc32)N1. The quantitative estimate of drug-likeness (QED) is 0.605. The topological polar surface area (TPSA) is 68.6 Å². The van der Waals surface area contributed by atoms with Gasteiger partial charge in [-0.05, 0) is 37.3 Å². The lowest BCUT2D eigenvalue weighted by atomic mass is 9.93. The first-order valence-corrected chi connectivity index (χ1v) is 10.9. The molecule has 7 nitrogen and oxygen atoms in total. The lowest BCUT2D eigenvalue weighted by molar-refractivity contribution is -0.131. The van der Waals surface area contributed by atoms with Crippen molar-refractivity contribution in [3.8, 4) is 5.75 Å². The Bertz CT molecular complexity index is 1250. The van der Waals surface area contributed by atoms with E-state index in [4.69, 9.17) is 21.1 Å². The summed E-state index contributed by atoms with van der Waals surface area (Å²) in [4.78, 5) is 20.1. The molecule has 1 N–H and O–H groups in total. The van der Waals surface area contributed by atoms with Gasteiger partial charge in [0.2, 0.25) is 5.95 Å². The van der Waals surface area contributed by atoms with Gasteiger partial charge in [-0.15, -0.1) is 0 Å². The highest BCUT2D eigenvalue weighted by molar-refractivity contribution is 6.30.